The fourth-order valence-electron chi connectivity index (χ4n) is 3.20. The number of benzene rings is 1. The molecule has 9 heteroatoms. The Morgan fingerprint density at radius 3 is 2.75 bits per heavy atom. The number of halogens is 3. The van der Waals surface area contributed by atoms with Crippen molar-refractivity contribution < 1.29 is 22.7 Å². The normalized spacial score (nSPS) is 16.2. The van der Waals surface area contributed by atoms with E-state index in [1.807, 2.05) is 0 Å². The zero-order valence-electron chi connectivity index (χ0n) is 15.3. The molecule has 1 aromatic carbocycles. The molecule has 1 aliphatic carbocycles. The molecule has 1 aliphatic rings. The van der Waals surface area contributed by atoms with Crippen molar-refractivity contribution in [1.82, 2.24) is 0 Å². The molecule has 0 saturated carbocycles. The summed E-state index contributed by atoms with van der Waals surface area (Å²) in [5.74, 6) is 0.0797. The zero-order chi connectivity index (χ0) is 20.5. The van der Waals surface area contributed by atoms with Crippen molar-refractivity contribution in [1.29, 1.82) is 0 Å². The second-order valence-corrected chi connectivity index (χ2v) is 8.22. The fourth-order valence-corrected chi connectivity index (χ4v) is 4.88. The van der Waals surface area contributed by atoms with Gasteiger partial charge in [-0.05, 0) is 61.2 Å². The molecular formula is C19H19F3N2O2S2. The predicted octanol–water partition coefficient (Wildman–Crippen LogP) is 5.49. The van der Waals surface area contributed by atoms with Gasteiger partial charge in [0.1, 0.15) is 5.00 Å². The van der Waals surface area contributed by atoms with Crippen molar-refractivity contribution in [2.75, 3.05) is 17.7 Å². The van der Waals surface area contributed by atoms with Crippen LogP contribution < -0.4 is 10.6 Å². The lowest BCUT2D eigenvalue weighted by atomic mass is 9.88. The van der Waals surface area contributed by atoms with Crippen molar-refractivity contribution >= 4 is 45.3 Å². The minimum Gasteiger partial charge on any atom is -0.465 e. The monoisotopic (exact) mass is 428 g/mol. The lowest BCUT2D eigenvalue weighted by molar-refractivity contribution is -0.137. The van der Waals surface area contributed by atoms with Gasteiger partial charge in [-0.25, -0.2) is 4.79 Å². The molecule has 1 heterocycles. The number of thiophene rings is 1. The summed E-state index contributed by atoms with van der Waals surface area (Å²) in [6, 6.07) is 4.77. The van der Waals surface area contributed by atoms with Crippen LogP contribution in [-0.4, -0.2) is 18.2 Å². The van der Waals surface area contributed by atoms with Gasteiger partial charge in [0.05, 0.1) is 18.2 Å². The van der Waals surface area contributed by atoms with E-state index in [4.69, 9.17) is 17.0 Å². The average Bonchev–Trinajstić information content (AvgIpc) is 2.97. The summed E-state index contributed by atoms with van der Waals surface area (Å²) in [6.07, 6.45) is -1.79. The van der Waals surface area contributed by atoms with Crippen LogP contribution in [0.3, 0.4) is 0 Å². The third-order valence-corrected chi connectivity index (χ3v) is 5.95. The van der Waals surface area contributed by atoms with Gasteiger partial charge in [0.25, 0.3) is 0 Å². The molecule has 1 unspecified atom stereocenters. The first-order valence-corrected chi connectivity index (χ1v) is 9.89. The van der Waals surface area contributed by atoms with Crippen LogP contribution in [0.15, 0.2) is 24.3 Å². The first-order valence-electron chi connectivity index (χ1n) is 8.67. The number of rotatable bonds is 3. The highest BCUT2D eigenvalue weighted by atomic mass is 32.1. The fraction of sp³-hybridized carbons (Fsp3) is 0.368. The summed E-state index contributed by atoms with van der Waals surface area (Å²) >= 11 is 6.69. The number of alkyl halides is 3. The number of anilines is 2. The smallest absolute Gasteiger partial charge is 0.416 e. The van der Waals surface area contributed by atoms with Crippen LogP contribution in [0.1, 0.15) is 39.7 Å². The van der Waals surface area contributed by atoms with Crippen molar-refractivity contribution in [2.45, 2.75) is 32.4 Å². The molecule has 28 heavy (non-hydrogen) atoms. The Kier molecular flexibility index (Phi) is 5.95. The largest absolute Gasteiger partial charge is 0.465 e. The summed E-state index contributed by atoms with van der Waals surface area (Å²) in [5, 5.41) is 6.37. The van der Waals surface area contributed by atoms with Gasteiger partial charge in [0.2, 0.25) is 0 Å². The predicted molar refractivity (Wildman–Crippen MR) is 108 cm³/mol. The molecule has 0 fully saturated rings. The van der Waals surface area contributed by atoms with Gasteiger partial charge >= 0.3 is 12.1 Å². The minimum absolute atomic E-state index is 0.108. The van der Waals surface area contributed by atoms with Gasteiger partial charge in [-0.2, -0.15) is 13.2 Å². The van der Waals surface area contributed by atoms with Crippen molar-refractivity contribution in [3.05, 3.63) is 45.8 Å². The Morgan fingerprint density at radius 1 is 1.32 bits per heavy atom. The number of methoxy groups -OCH3 is 1. The number of hydrogen-bond acceptors (Lipinski definition) is 4. The van der Waals surface area contributed by atoms with E-state index in [0.29, 0.717) is 16.5 Å². The van der Waals surface area contributed by atoms with Crippen LogP contribution in [0, 0.1) is 5.92 Å². The van der Waals surface area contributed by atoms with Gasteiger partial charge in [-0.1, -0.05) is 13.0 Å². The first kappa shape index (κ1) is 20.6. The Morgan fingerprint density at radius 2 is 2.07 bits per heavy atom. The molecule has 1 aromatic heterocycles. The van der Waals surface area contributed by atoms with E-state index in [2.05, 4.69) is 17.6 Å². The molecule has 3 rings (SSSR count). The Bertz CT molecular complexity index is 909. The highest BCUT2D eigenvalue weighted by Crippen LogP contribution is 2.40. The Labute approximate surface area is 170 Å². The Balaban J connectivity index is 1.82. The third kappa shape index (κ3) is 4.47. The van der Waals surface area contributed by atoms with Crippen molar-refractivity contribution in [3.8, 4) is 0 Å². The number of esters is 1. The average molecular weight is 429 g/mol. The third-order valence-electron chi connectivity index (χ3n) is 4.58. The summed E-state index contributed by atoms with van der Waals surface area (Å²) in [7, 11) is 1.32. The molecule has 0 spiro atoms. The van der Waals surface area contributed by atoms with Gasteiger partial charge < -0.3 is 15.4 Å². The van der Waals surface area contributed by atoms with E-state index in [0.717, 1.165) is 41.8 Å². The maximum atomic E-state index is 12.9. The maximum Gasteiger partial charge on any atom is 0.416 e. The lowest BCUT2D eigenvalue weighted by Crippen LogP contribution is -2.20. The number of fused-ring (bicyclic) bond motifs is 1. The van der Waals surface area contributed by atoms with Crippen molar-refractivity contribution in [2.24, 2.45) is 5.92 Å². The standard InChI is InChI=1S/C19H19F3N2O2S2/c1-10-6-7-13-14(8-10)28-16(15(13)17(25)26-2)24-18(27)23-12-5-3-4-11(9-12)19(20,21)22/h3-5,9-10H,6-8H2,1-2H3,(H2,23,24,27). The molecular weight excluding hydrogens is 409 g/mol. The highest BCUT2D eigenvalue weighted by Gasteiger charge is 2.31. The highest BCUT2D eigenvalue weighted by molar-refractivity contribution is 7.80. The van der Waals surface area contributed by atoms with Crippen LogP contribution in [0.25, 0.3) is 0 Å². The molecule has 0 saturated heterocycles. The molecule has 0 aliphatic heterocycles. The van der Waals surface area contributed by atoms with Crippen LogP contribution in [-0.2, 0) is 23.8 Å². The van der Waals surface area contributed by atoms with Gasteiger partial charge in [-0.15, -0.1) is 11.3 Å². The minimum atomic E-state index is -4.44. The molecule has 4 nitrogen and oxygen atoms in total. The lowest BCUT2D eigenvalue weighted by Gasteiger charge is -2.18. The summed E-state index contributed by atoms with van der Waals surface area (Å²) in [4.78, 5) is 13.4. The van der Waals surface area contributed by atoms with Gasteiger partial charge in [0, 0.05) is 10.6 Å². The topological polar surface area (TPSA) is 50.4 Å². The molecule has 2 N–H and O–H groups in total. The first-order chi connectivity index (χ1) is 13.2. The van der Waals surface area contributed by atoms with Gasteiger partial charge in [0.15, 0.2) is 5.11 Å². The summed E-state index contributed by atoms with van der Waals surface area (Å²) in [5.41, 5.74) is 0.875. The second kappa shape index (κ2) is 8.08. The molecule has 1 atom stereocenters. The summed E-state index contributed by atoms with van der Waals surface area (Å²) in [6.45, 7) is 2.16. The molecule has 2 aromatic rings. The van der Waals surface area contributed by atoms with E-state index in [9.17, 15) is 18.0 Å². The number of carbonyl (C=O) groups excluding carboxylic acids is 1. The van der Waals surface area contributed by atoms with E-state index in [1.54, 1.807) is 0 Å². The van der Waals surface area contributed by atoms with Crippen molar-refractivity contribution in [3.63, 3.8) is 0 Å². The number of carbonyl (C=O) groups is 1. The van der Waals surface area contributed by atoms with Crippen LogP contribution >= 0.6 is 23.6 Å². The van der Waals surface area contributed by atoms with E-state index >= 15 is 0 Å². The second-order valence-electron chi connectivity index (χ2n) is 6.71. The molecule has 0 radical (unpaired) electrons. The Hall–Kier alpha value is -2.13. The number of hydrogen-bond donors (Lipinski definition) is 2. The zero-order valence-corrected chi connectivity index (χ0v) is 16.9. The van der Waals surface area contributed by atoms with Crippen LogP contribution in [0.2, 0.25) is 0 Å². The number of nitrogens with one attached hydrogen (secondary N) is 2. The van der Waals surface area contributed by atoms with Gasteiger partial charge in [-0.3, -0.25) is 0 Å². The van der Waals surface area contributed by atoms with E-state index in [-0.39, 0.29) is 10.8 Å². The van der Waals surface area contributed by atoms with Crippen LogP contribution in [0.4, 0.5) is 23.9 Å². The van der Waals surface area contributed by atoms with E-state index in [1.165, 1.54) is 30.6 Å². The quantitative estimate of drug-likeness (QED) is 0.500. The molecule has 150 valence electrons. The number of ether oxygens (including phenoxy) is 1. The van der Waals surface area contributed by atoms with E-state index < -0.39 is 17.7 Å². The summed E-state index contributed by atoms with van der Waals surface area (Å²) < 4.78 is 43.5. The maximum absolute atomic E-state index is 12.9. The molecule has 0 amide bonds. The SMILES string of the molecule is COC(=O)c1c(NC(=S)Nc2cccc(C(F)(F)F)c2)sc2c1CCC(C)C2. The van der Waals surface area contributed by atoms with Crippen LogP contribution in [0.5, 0.6) is 0 Å². The molecule has 0 bridgehead atoms. The number of thiocarbonyl (C=S) groups is 1.